The van der Waals surface area contributed by atoms with E-state index in [1.165, 1.54) is 0 Å². The summed E-state index contributed by atoms with van der Waals surface area (Å²) in [7, 11) is 1.62. The van der Waals surface area contributed by atoms with Gasteiger partial charge in [-0.1, -0.05) is 20.8 Å². The summed E-state index contributed by atoms with van der Waals surface area (Å²) >= 11 is 0. The molecule has 82 valence electrons. The predicted octanol–water partition coefficient (Wildman–Crippen LogP) is 3.41. The molecule has 2 nitrogen and oxygen atoms in total. The molecule has 2 heteroatoms. The molecule has 0 saturated heterocycles. The van der Waals surface area contributed by atoms with Crippen molar-refractivity contribution in [1.82, 2.24) is 0 Å². The van der Waals surface area contributed by atoms with E-state index >= 15 is 0 Å². The molecular weight excluding hydrogens is 188 g/mol. The van der Waals surface area contributed by atoms with Crippen LogP contribution in [0, 0.1) is 0 Å². The van der Waals surface area contributed by atoms with Crippen molar-refractivity contribution in [2.24, 2.45) is 0 Å². The Bertz CT molecular complexity index is 354. The van der Waals surface area contributed by atoms with Gasteiger partial charge in [0.15, 0.2) is 5.78 Å². The fourth-order valence-corrected chi connectivity index (χ4v) is 1.44. The van der Waals surface area contributed by atoms with Crippen molar-refractivity contribution in [3.8, 4) is 5.75 Å². The molecule has 1 aromatic rings. The second-order valence-electron chi connectivity index (χ2n) is 3.93. The lowest BCUT2D eigenvalue weighted by Crippen LogP contribution is -2.00. The summed E-state index contributed by atoms with van der Waals surface area (Å²) in [6.45, 7) is 6.08. The second-order valence-corrected chi connectivity index (χ2v) is 3.93. The third-order valence-corrected chi connectivity index (χ3v) is 2.47. The van der Waals surface area contributed by atoms with E-state index in [1.807, 2.05) is 19.1 Å². The molecule has 0 unspecified atom stereocenters. The fraction of sp³-hybridized carbons (Fsp3) is 0.462. The van der Waals surface area contributed by atoms with Gasteiger partial charge in [0.25, 0.3) is 0 Å². The maximum Gasteiger partial charge on any atom is 0.162 e. The molecule has 0 aliphatic heterocycles. The Kier molecular flexibility index (Phi) is 3.89. The van der Waals surface area contributed by atoms with Crippen LogP contribution in [0.4, 0.5) is 0 Å². The molecule has 0 saturated carbocycles. The number of hydrogen-bond acceptors (Lipinski definition) is 2. The monoisotopic (exact) mass is 206 g/mol. The van der Waals surface area contributed by atoms with E-state index in [0.717, 1.165) is 16.9 Å². The highest BCUT2D eigenvalue weighted by molar-refractivity contribution is 5.96. The Balaban J connectivity index is 3.17. The predicted molar refractivity (Wildman–Crippen MR) is 61.7 cm³/mol. The number of Topliss-reactive ketones (excluding diaryl/α,β-unsaturated/α-hetero) is 1. The van der Waals surface area contributed by atoms with E-state index in [9.17, 15) is 4.79 Å². The number of carbonyl (C=O) groups excluding carboxylic acids is 1. The van der Waals surface area contributed by atoms with Crippen LogP contribution in [0.5, 0.6) is 5.75 Å². The average Bonchev–Trinajstić information content (AvgIpc) is 2.27. The van der Waals surface area contributed by atoms with Crippen LogP contribution in [0.25, 0.3) is 0 Å². The first-order valence-electron chi connectivity index (χ1n) is 5.30. The smallest absolute Gasteiger partial charge is 0.162 e. The summed E-state index contributed by atoms with van der Waals surface area (Å²) < 4.78 is 5.19. The second kappa shape index (κ2) is 4.96. The lowest BCUT2D eigenvalue weighted by molar-refractivity contribution is 0.0987. The maximum atomic E-state index is 11.6. The lowest BCUT2D eigenvalue weighted by Gasteiger charge is -2.10. The minimum Gasteiger partial charge on any atom is -0.497 e. The molecule has 1 aromatic carbocycles. The van der Waals surface area contributed by atoms with Crippen LogP contribution in [-0.2, 0) is 0 Å². The molecule has 0 bridgehead atoms. The molecule has 0 fully saturated rings. The molecule has 0 spiro atoms. The highest BCUT2D eigenvalue weighted by atomic mass is 16.5. The number of ketones is 1. The lowest BCUT2D eigenvalue weighted by atomic mass is 9.98. The molecule has 0 aromatic heterocycles. The zero-order valence-electron chi connectivity index (χ0n) is 9.83. The van der Waals surface area contributed by atoms with Gasteiger partial charge >= 0.3 is 0 Å². The van der Waals surface area contributed by atoms with Crippen LogP contribution in [0.2, 0.25) is 0 Å². The summed E-state index contributed by atoms with van der Waals surface area (Å²) in [5.74, 6) is 1.33. The first-order chi connectivity index (χ1) is 7.08. The van der Waals surface area contributed by atoms with Crippen LogP contribution >= 0.6 is 0 Å². The van der Waals surface area contributed by atoms with Crippen molar-refractivity contribution in [3.63, 3.8) is 0 Å². The van der Waals surface area contributed by atoms with Crippen LogP contribution in [0.15, 0.2) is 18.2 Å². The average molecular weight is 206 g/mol. The molecule has 0 atom stereocenters. The first kappa shape index (κ1) is 11.8. The minimum atomic E-state index is 0.163. The summed E-state index contributed by atoms with van der Waals surface area (Å²) in [5.41, 5.74) is 1.90. The SMILES string of the molecule is CCC(=O)c1cc(OC)cc(C(C)C)c1. The van der Waals surface area contributed by atoms with Gasteiger partial charge in [-0.25, -0.2) is 0 Å². The number of hydrogen-bond donors (Lipinski definition) is 0. The number of methoxy groups -OCH3 is 1. The van der Waals surface area contributed by atoms with E-state index < -0.39 is 0 Å². The number of carbonyl (C=O) groups is 1. The number of benzene rings is 1. The minimum absolute atomic E-state index is 0.163. The fourth-order valence-electron chi connectivity index (χ4n) is 1.44. The van der Waals surface area contributed by atoms with Crippen molar-refractivity contribution in [2.45, 2.75) is 33.1 Å². The van der Waals surface area contributed by atoms with Gasteiger partial charge in [-0.15, -0.1) is 0 Å². The molecule has 0 radical (unpaired) electrons. The summed E-state index contributed by atoms with van der Waals surface area (Å²) in [5, 5.41) is 0. The zero-order chi connectivity index (χ0) is 11.4. The molecule has 0 aliphatic rings. The van der Waals surface area contributed by atoms with Gasteiger partial charge in [0, 0.05) is 12.0 Å². The van der Waals surface area contributed by atoms with E-state index in [0.29, 0.717) is 12.3 Å². The molecule has 0 N–H and O–H groups in total. The van der Waals surface area contributed by atoms with E-state index in [-0.39, 0.29) is 5.78 Å². The van der Waals surface area contributed by atoms with E-state index in [1.54, 1.807) is 13.2 Å². The van der Waals surface area contributed by atoms with Crippen molar-refractivity contribution < 1.29 is 9.53 Å². The quantitative estimate of drug-likeness (QED) is 0.706. The largest absolute Gasteiger partial charge is 0.497 e. The van der Waals surface area contributed by atoms with Crippen LogP contribution in [0.1, 0.15) is 49.0 Å². The Morgan fingerprint density at radius 2 is 2.00 bits per heavy atom. The third-order valence-electron chi connectivity index (χ3n) is 2.47. The normalized spacial score (nSPS) is 10.5. The third kappa shape index (κ3) is 2.82. The highest BCUT2D eigenvalue weighted by Gasteiger charge is 2.09. The van der Waals surface area contributed by atoms with Crippen molar-refractivity contribution in [2.75, 3.05) is 7.11 Å². The summed E-state index contributed by atoms with van der Waals surface area (Å²) in [4.78, 5) is 11.6. The Morgan fingerprint density at radius 3 is 2.47 bits per heavy atom. The maximum absolute atomic E-state index is 11.6. The Labute approximate surface area is 91.3 Å². The Hall–Kier alpha value is -1.31. The summed E-state index contributed by atoms with van der Waals surface area (Å²) in [6.07, 6.45) is 0.532. The van der Waals surface area contributed by atoms with Gasteiger partial charge in [-0.2, -0.15) is 0 Å². The molecule has 1 rings (SSSR count). The molecule has 15 heavy (non-hydrogen) atoms. The van der Waals surface area contributed by atoms with E-state index in [4.69, 9.17) is 4.74 Å². The first-order valence-corrected chi connectivity index (χ1v) is 5.30. The van der Waals surface area contributed by atoms with Crippen molar-refractivity contribution in [1.29, 1.82) is 0 Å². The topological polar surface area (TPSA) is 26.3 Å². The molecular formula is C13H18O2. The number of ether oxygens (including phenoxy) is 1. The standard InChI is InChI=1S/C13H18O2/c1-5-13(14)11-6-10(9(2)3)7-12(8-11)15-4/h6-9H,5H2,1-4H3. The van der Waals surface area contributed by atoms with Crippen molar-refractivity contribution in [3.05, 3.63) is 29.3 Å². The Morgan fingerprint density at radius 1 is 1.33 bits per heavy atom. The van der Waals surface area contributed by atoms with Crippen LogP contribution in [0.3, 0.4) is 0 Å². The van der Waals surface area contributed by atoms with Crippen LogP contribution < -0.4 is 4.74 Å². The van der Waals surface area contributed by atoms with Gasteiger partial charge in [0.1, 0.15) is 5.75 Å². The zero-order valence-corrected chi connectivity index (χ0v) is 9.83. The van der Waals surface area contributed by atoms with Crippen molar-refractivity contribution >= 4 is 5.78 Å². The number of rotatable bonds is 4. The summed E-state index contributed by atoms with van der Waals surface area (Å²) in [6, 6.07) is 5.74. The highest BCUT2D eigenvalue weighted by Crippen LogP contribution is 2.23. The van der Waals surface area contributed by atoms with Gasteiger partial charge in [0.05, 0.1) is 7.11 Å². The van der Waals surface area contributed by atoms with Gasteiger partial charge in [-0.05, 0) is 29.7 Å². The van der Waals surface area contributed by atoms with Gasteiger partial charge < -0.3 is 4.74 Å². The van der Waals surface area contributed by atoms with Gasteiger partial charge in [0.2, 0.25) is 0 Å². The molecule has 0 heterocycles. The molecule has 0 aliphatic carbocycles. The van der Waals surface area contributed by atoms with Crippen LogP contribution in [-0.4, -0.2) is 12.9 Å². The molecule has 0 amide bonds. The van der Waals surface area contributed by atoms with E-state index in [2.05, 4.69) is 13.8 Å². The van der Waals surface area contributed by atoms with Gasteiger partial charge in [-0.3, -0.25) is 4.79 Å².